The van der Waals surface area contributed by atoms with Crippen molar-refractivity contribution in [1.82, 2.24) is 4.98 Å². The summed E-state index contributed by atoms with van der Waals surface area (Å²) < 4.78 is 71.6. The third-order valence-electron chi connectivity index (χ3n) is 10.4. The zero-order chi connectivity index (χ0) is 30.8. The summed E-state index contributed by atoms with van der Waals surface area (Å²) in [6.07, 6.45) is 4.97. The van der Waals surface area contributed by atoms with Crippen molar-refractivity contribution < 1.29 is 31.9 Å². The fraction of sp³-hybridized carbons (Fsp3) is 0.471. The second-order valence-corrected chi connectivity index (χ2v) is 13.7. The van der Waals surface area contributed by atoms with E-state index in [9.17, 15) is 23.1 Å². The van der Waals surface area contributed by atoms with Gasteiger partial charge < -0.3 is 5.11 Å². The molecule has 1 heterocycles. The molecule has 0 radical (unpaired) electrons. The van der Waals surface area contributed by atoms with E-state index in [1.807, 2.05) is 60.9 Å². The number of hydrogen-bond donors (Lipinski definition) is 1. The van der Waals surface area contributed by atoms with Crippen LogP contribution in [0, 0.1) is 24.2 Å². The minimum Gasteiger partial charge on any atom is -0.383 e. The maximum atomic E-state index is 15.2. The number of allylic oxidation sites excluding steroid dienone is 6. The molecule has 2 saturated carbocycles. The molecule has 4 aliphatic rings. The van der Waals surface area contributed by atoms with Crippen LogP contribution in [0.25, 0.3) is 12.2 Å². The van der Waals surface area contributed by atoms with Gasteiger partial charge in [0.1, 0.15) is 5.60 Å². The maximum absolute atomic E-state index is 15.2. The third-order valence-corrected chi connectivity index (χ3v) is 11.2. The lowest BCUT2D eigenvalue weighted by Gasteiger charge is -2.56. The Bertz CT molecular complexity index is 1550. The van der Waals surface area contributed by atoms with E-state index in [0.717, 1.165) is 38.5 Å². The van der Waals surface area contributed by atoms with Gasteiger partial charge in [-0.25, -0.2) is 4.98 Å². The summed E-state index contributed by atoms with van der Waals surface area (Å²) in [6, 6.07) is 7.65. The molecule has 0 saturated heterocycles. The predicted octanol–water partition coefficient (Wildman–Crippen LogP) is 9.01. The molecule has 1 aromatic carbocycles. The van der Waals surface area contributed by atoms with Crippen LogP contribution in [-0.4, -0.2) is 33.6 Å². The predicted molar refractivity (Wildman–Crippen MR) is 158 cm³/mol. The fourth-order valence-electron chi connectivity index (χ4n) is 8.33. The second-order valence-electron chi connectivity index (χ2n) is 12.6. The zero-order valence-electron chi connectivity index (χ0n) is 24.1. The molecule has 0 aliphatic heterocycles. The summed E-state index contributed by atoms with van der Waals surface area (Å²) in [7, 11) is 0. The molecular weight excluding hydrogens is 581 g/mol. The lowest BCUT2D eigenvalue weighted by molar-refractivity contribution is -0.362. The minimum absolute atomic E-state index is 0.0264. The number of aromatic nitrogens is 1. The Morgan fingerprint density at radius 2 is 1.74 bits per heavy atom. The molecule has 9 heteroatoms. The van der Waals surface area contributed by atoms with Gasteiger partial charge in [-0.1, -0.05) is 55.0 Å². The maximum Gasteiger partial charge on any atom is 0.456 e. The summed E-state index contributed by atoms with van der Waals surface area (Å²) in [5.41, 5.74) is 0.834. The van der Waals surface area contributed by atoms with Crippen LogP contribution >= 0.6 is 11.3 Å². The molecule has 4 aliphatic carbocycles. The number of alkyl halides is 5. The van der Waals surface area contributed by atoms with Crippen molar-refractivity contribution in [2.45, 2.75) is 82.4 Å². The highest BCUT2D eigenvalue weighted by Crippen LogP contribution is 2.70. The highest BCUT2D eigenvalue weighted by molar-refractivity contribution is 7.09. The van der Waals surface area contributed by atoms with Crippen molar-refractivity contribution >= 4 is 29.3 Å². The normalized spacial score (nSPS) is 31.4. The van der Waals surface area contributed by atoms with Crippen molar-refractivity contribution in [3.05, 3.63) is 86.4 Å². The Labute approximate surface area is 251 Å². The lowest BCUT2D eigenvalue weighted by atomic mass is 9.50. The molecule has 0 amide bonds. The number of nitrogens with zero attached hydrogens (tertiary/aromatic N) is 1. The number of carbonyl (C=O) groups is 1. The molecule has 5 atom stereocenters. The van der Waals surface area contributed by atoms with Gasteiger partial charge in [-0.15, -0.1) is 11.3 Å². The Balaban J connectivity index is 1.38. The molecule has 3 nitrogen and oxygen atoms in total. The van der Waals surface area contributed by atoms with Crippen molar-refractivity contribution in [2.24, 2.45) is 17.3 Å². The Morgan fingerprint density at radius 1 is 1.02 bits per heavy atom. The number of ketones is 1. The Kier molecular flexibility index (Phi) is 7.44. The number of benzene rings is 1. The largest absolute Gasteiger partial charge is 0.456 e. The third kappa shape index (κ3) is 4.87. The molecule has 2 fully saturated rings. The van der Waals surface area contributed by atoms with E-state index < -0.39 is 41.4 Å². The Hall–Kier alpha value is -2.91. The van der Waals surface area contributed by atoms with E-state index in [1.54, 1.807) is 17.4 Å². The van der Waals surface area contributed by atoms with Gasteiger partial charge >= 0.3 is 12.1 Å². The van der Waals surface area contributed by atoms with Gasteiger partial charge in [0.15, 0.2) is 5.78 Å². The molecule has 6 rings (SSSR count). The van der Waals surface area contributed by atoms with Crippen molar-refractivity contribution in [1.29, 1.82) is 0 Å². The number of fused-ring (bicyclic) bond motifs is 4. The van der Waals surface area contributed by atoms with Gasteiger partial charge in [0.2, 0.25) is 0 Å². The standard InChI is InChI=1S/C34H34F5NO2S/c1-20-40-24(19-43-20)6-4-3-5-21-7-9-22(10-8-21)28-18-31(2)29(15-16-32(31,42)33(35,36)34(37,38)39)27-13-11-23-17-25(41)12-14-26(23)30(27)28/h3-10,17,19,27-29,42H,11-16,18H2,1-2H3/b5-3+,6-4+/t27?,28-,29?,31+,32+/m1/s1. The van der Waals surface area contributed by atoms with Gasteiger partial charge in [-0.05, 0) is 91.7 Å². The molecule has 43 heavy (non-hydrogen) atoms. The molecule has 1 N–H and O–H groups in total. The lowest BCUT2D eigenvalue weighted by Crippen LogP contribution is -2.65. The first-order valence-electron chi connectivity index (χ1n) is 14.8. The fourth-order valence-corrected chi connectivity index (χ4v) is 8.91. The van der Waals surface area contributed by atoms with Crippen LogP contribution in [0.2, 0.25) is 0 Å². The molecular formula is C34H34F5NO2S. The van der Waals surface area contributed by atoms with Gasteiger partial charge in [0.25, 0.3) is 0 Å². The minimum atomic E-state index is -5.86. The van der Waals surface area contributed by atoms with Gasteiger partial charge in [0, 0.05) is 23.1 Å². The molecule has 1 aromatic heterocycles. The molecule has 228 valence electrons. The van der Waals surface area contributed by atoms with Crippen LogP contribution in [0.3, 0.4) is 0 Å². The van der Waals surface area contributed by atoms with Crippen molar-refractivity contribution in [3.8, 4) is 0 Å². The van der Waals surface area contributed by atoms with Crippen LogP contribution in [-0.2, 0) is 4.79 Å². The van der Waals surface area contributed by atoms with Gasteiger partial charge in [-0.3, -0.25) is 4.79 Å². The number of thiazole rings is 1. The van der Waals surface area contributed by atoms with Crippen LogP contribution < -0.4 is 0 Å². The van der Waals surface area contributed by atoms with Gasteiger partial charge in [-0.2, -0.15) is 22.0 Å². The van der Waals surface area contributed by atoms with E-state index in [2.05, 4.69) is 4.98 Å². The SMILES string of the molecule is Cc1nc(/C=C/C=C/c2ccc([C@H]3C[C@@]4(C)C(CC[C@@]4(O)C(F)(F)C(F)(F)F)C4CCC5=CC(=O)CCC5=C43)cc2)cs1. The Morgan fingerprint density at radius 3 is 2.42 bits per heavy atom. The van der Waals surface area contributed by atoms with Gasteiger partial charge in [0.05, 0.1) is 10.7 Å². The summed E-state index contributed by atoms with van der Waals surface area (Å²) in [4.78, 5) is 16.6. The zero-order valence-corrected chi connectivity index (χ0v) is 24.9. The summed E-state index contributed by atoms with van der Waals surface area (Å²) in [5, 5.41) is 14.4. The van der Waals surface area contributed by atoms with E-state index in [-0.39, 0.29) is 24.5 Å². The molecule has 2 unspecified atom stereocenters. The molecule has 2 aromatic rings. The highest BCUT2D eigenvalue weighted by atomic mass is 32.1. The van der Waals surface area contributed by atoms with E-state index in [1.165, 1.54) is 6.92 Å². The highest BCUT2D eigenvalue weighted by Gasteiger charge is 2.79. The van der Waals surface area contributed by atoms with Crippen LogP contribution in [0.4, 0.5) is 22.0 Å². The van der Waals surface area contributed by atoms with E-state index >= 15 is 8.78 Å². The monoisotopic (exact) mass is 615 g/mol. The summed E-state index contributed by atoms with van der Waals surface area (Å²) in [5.74, 6) is -6.38. The van der Waals surface area contributed by atoms with Crippen LogP contribution in [0.1, 0.15) is 79.6 Å². The average Bonchev–Trinajstić information content (AvgIpc) is 3.50. The first-order chi connectivity index (χ1) is 20.2. The number of aliphatic hydroxyl groups is 1. The number of carbonyl (C=O) groups excluding carboxylic acids is 1. The number of hydrogen-bond acceptors (Lipinski definition) is 4. The van der Waals surface area contributed by atoms with E-state index in [0.29, 0.717) is 25.7 Å². The first-order valence-corrected chi connectivity index (χ1v) is 15.6. The quantitative estimate of drug-likeness (QED) is 0.270. The van der Waals surface area contributed by atoms with Crippen molar-refractivity contribution in [2.75, 3.05) is 0 Å². The average molecular weight is 616 g/mol. The second kappa shape index (κ2) is 10.6. The van der Waals surface area contributed by atoms with Crippen LogP contribution in [0.5, 0.6) is 0 Å². The van der Waals surface area contributed by atoms with Crippen molar-refractivity contribution in [3.63, 3.8) is 0 Å². The molecule has 0 bridgehead atoms. The molecule has 0 spiro atoms. The number of aryl methyl sites for hydroxylation is 1. The number of halogens is 5. The summed E-state index contributed by atoms with van der Waals surface area (Å²) >= 11 is 1.57. The smallest absolute Gasteiger partial charge is 0.383 e. The number of rotatable bonds is 5. The van der Waals surface area contributed by atoms with Crippen LogP contribution in [0.15, 0.2) is 64.6 Å². The topological polar surface area (TPSA) is 50.2 Å². The van der Waals surface area contributed by atoms with E-state index in [4.69, 9.17) is 0 Å². The first kappa shape index (κ1) is 30.1. The summed E-state index contributed by atoms with van der Waals surface area (Å²) in [6.45, 7) is 3.39.